The lowest BCUT2D eigenvalue weighted by molar-refractivity contribution is -0.0573. The van der Waals surface area contributed by atoms with Gasteiger partial charge in [-0.15, -0.1) is 0 Å². The van der Waals surface area contributed by atoms with Crippen molar-refractivity contribution in [2.75, 3.05) is 13.7 Å². The predicted molar refractivity (Wildman–Crippen MR) is 63.7 cm³/mol. The summed E-state index contributed by atoms with van der Waals surface area (Å²) in [4.78, 5) is 23.3. The summed E-state index contributed by atoms with van der Waals surface area (Å²) in [6.07, 6.45) is -2.32. The molecule has 4 atom stereocenters. The summed E-state index contributed by atoms with van der Waals surface area (Å²) in [5, 5.41) is 19.2. The van der Waals surface area contributed by atoms with E-state index in [1.165, 1.54) is 26.4 Å². The van der Waals surface area contributed by atoms with Gasteiger partial charge in [0.25, 0.3) is 5.56 Å². The molecule has 0 radical (unpaired) electrons. The highest BCUT2D eigenvalue weighted by Gasteiger charge is 2.45. The van der Waals surface area contributed by atoms with Crippen LogP contribution in [-0.2, 0) is 16.5 Å². The van der Waals surface area contributed by atoms with Crippen LogP contribution in [0, 0.1) is 0 Å². The normalized spacial score (nSPS) is 30.7. The summed E-state index contributed by atoms with van der Waals surface area (Å²) in [7, 11) is 2.71. The van der Waals surface area contributed by atoms with Gasteiger partial charge in [0, 0.05) is 26.4 Å². The lowest BCUT2D eigenvalue weighted by atomic mass is 10.1. The number of methoxy groups -OCH3 is 1. The topological polar surface area (TPSA) is 103 Å². The van der Waals surface area contributed by atoms with Crippen molar-refractivity contribution in [1.29, 1.82) is 0 Å². The molecule has 1 aromatic heterocycles. The van der Waals surface area contributed by atoms with Crippen LogP contribution in [0.2, 0.25) is 0 Å². The van der Waals surface area contributed by atoms with Crippen LogP contribution < -0.4 is 11.2 Å². The van der Waals surface area contributed by atoms with E-state index >= 15 is 0 Å². The zero-order valence-corrected chi connectivity index (χ0v) is 10.6. The third-order valence-electron chi connectivity index (χ3n) is 3.25. The first-order valence-corrected chi connectivity index (χ1v) is 5.76. The maximum Gasteiger partial charge on any atom is 0.332 e. The highest BCUT2D eigenvalue weighted by atomic mass is 16.6. The van der Waals surface area contributed by atoms with Gasteiger partial charge in [-0.05, 0) is 0 Å². The standard InChI is InChI=1S/C11H16N2O6/c1-12-7(15)3-4-13(11(12)17)10-8(16)9(18-2)6(5-14)19-10/h3-4,6,8-10,14,16H,5H2,1-2H3/t6-,8-,9-,10-/m1/s1. The minimum Gasteiger partial charge on any atom is -0.394 e. The van der Waals surface area contributed by atoms with Crippen molar-refractivity contribution in [3.8, 4) is 0 Å². The Morgan fingerprint density at radius 1 is 1.47 bits per heavy atom. The van der Waals surface area contributed by atoms with Gasteiger partial charge in [0.15, 0.2) is 6.23 Å². The summed E-state index contributed by atoms with van der Waals surface area (Å²) in [5.41, 5.74) is -1.05. The summed E-state index contributed by atoms with van der Waals surface area (Å²) in [6, 6.07) is 1.20. The van der Waals surface area contributed by atoms with E-state index in [-0.39, 0.29) is 6.61 Å². The van der Waals surface area contributed by atoms with E-state index in [2.05, 4.69) is 0 Å². The molecule has 0 unspecified atom stereocenters. The molecule has 0 aromatic carbocycles. The molecule has 1 aliphatic rings. The molecule has 19 heavy (non-hydrogen) atoms. The molecule has 1 saturated heterocycles. The summed E-state index contributed by atoms with van der Waals surface area (Å²) >= 11 is 0. The van der Waals surface area contributed by atoms with Crippen LogP contribution in [0.4, 0.5) is 0 Å². The minimum atomic E-state index is -1.11. The molecule has 106 valence electrons. The van der Waals surface area contributed by atoms with Crippen molar-refractivity contribution < 1.29 is 19.7 Å². The second kappa shape index (κ2) is 5.25. The van der Waals surface area contributed by atoms with E-state index in [4.69, 9.17) is 14.6 Å². The van der Waals surface area contributed by atoms with E-state index in [1.807, 2.05) is 0 Å². The number of rotatable bonds is 3. The van der Waals surface area contributed by atoms with E-state index in [0.717, 1.165) is 9.13 Å². The molecule has 2 heterocycles. The van der Waals surface area contributed by atoms with Crippen molar-refractivity contribution in [3.63, 3.8) is 0 Å². The lowest BCUT2D eigenvalue weighted by Gasteiger charge is -2.18. The van der Waals surface area contributed by atoms with Crippen molar-refractivity contribution in [3.05, 3.63) is 33.1 Å². The number of nitrogens with zero attached hydrogens (tertiary/aromatic N) is 2. The van der Waals surface area contributed by atoms with Crippen molar-refractivity contribution in [2.45, 2.75) is 24.5 Å². The molecular weight excluding hydrogens is 256 g/mol. The second-order valence-corrected chi connectivity index (χ2v) is 4.34. The lowest BCUT2D eigenvalue weighted by Crippen LogP contribution is -2.42. The first-order valence-electron chi connectivity index (χ1n) is 5.76. The largest absolute Gasteiger partial charge is 0.394 e. The smallest absolute Gasteiger partial charge is 0.332 e. The van der Waals surface area contributed by atoms with Gasteiger partial charge in [0.1, 0.15) is 18.3 Å². The second-order valence-electron chi connectivity index (χ2n) is 4.34. The molecular formula is C11H16N2O6. The molecule has 1 aliphatic heterocycles. The van der Waals surface area contributed by atoms with Gasteiger partial charge in [0.2, 0.25) is 0 Å². The Bertz CT molecular complexity index is 565. The van der Waals surface area contributed by atoms with Gasteiger partial charge in [-0.2, -0.15) is 0 Å². The highest BCUT2D eigenvalue weighted by molar-refractivity contribution is 4.94. The van der Waals surface area contributed by atoms with Crippen LogP contribution in [0.5, 0.6) is 0 Å². The zero-order chi connectivity index (χ0) is 14.2. The van der Waals surface area contributed by atoms with Crippen molar-refractivity contribution >= 4 is 0 Å². The molecule has 0 spiro atoms. The Balaban J connectivity index is 2.41. The van der Waals surface area contributed by atoms with Gasteiger partial charge < -0.3 is 19.7 Å². The Kier molecular flexibility index (Phi) is 3.85. The molecule has 8 nitrogen and oxygen atoms in total. The third kappa shape index (κ3) is 2.23. The van der Waals surface area contributed by atoms with E-state index in [0.29, 0.717) is 0 Å². The van der Waals surface area contributed by atoms with Crippen LogP contribution in [-0.4, -0.2) is 51.4 Å². The SMILES string of the molecule is CO[C@H]1[C@@H](O)[C@H](n2ccc(=O)n(C)c2=O)O[C@@H]1CO. The Labute approximate surface area is 108 Å². The predicted octanol–water partition coefficient (Wildman–Crippen LogP) is -2.19. The molecule has 0 bridgehead atoms. The van der Waals surface area contributed by atoms with Crippen LogP contribution >= 0.6 is 0 Å². The quantitative estimate of drug-likeness (QED) is 0.648. The van der Waals surface area contributed by atoms with Gasteiger partial charge in [0.05, 0.1) is 6.61 Å². The highest BCUT2D eigenvalue weighted by Crippen LogP contribution is 2.29. The van der Waals surface area contributed by atoms with Crippen molar-refractivity contribution in [1.82, 2.24) is 9.13 Å². The van der Waals surface area contributed by atoms with Crippen LogP contribution in [0.15, 0.2) is 21.9 Å². The van der Waals surface area contributed by atoms with Crippen LogP contribution in [0.1, 0.15) is 6.23 Å². The molecule has 8 heteroatoms. The molecule has 0 amide bonds. The maximum absolute atomic E-state index is 11.9. The zero-order valence-electron chi connectivity index (χ0n) is 10.6. The average molecular weight is 272 g/mol. The maximum atomic E-state index is 11.9. The summed E-state index contributed by atoms with van der Waals surface area (Å²) in [5.74, 6) is 0. The number of aliphatic hydroxyl groups excluding tert-OH is 2. The number of hydrogen-bond donors (Lipinski definition) is 2. The van der Waals surface area contributed by atoms with Crippen LogP contribution in [0.25, 0.3) is 0 Å². The molecule has 2 rings (SSSR count). The van der Waals surface area contributed by atoms with E-state index in [9.17, 15) is 14.7 Å². The Morgan fingerprint density at radius 3 is 2.68 bits per heavy atom. The van der Waals surface area contributed by atoms with E-state index < -0.39 is 35.8 Å². The number of ether oxygens (including phenoxy) is 2. The molecule has 0 aliphatic carbocycles. The average Bonchev–Trinajstić information content (AvgIpc) is 2.72. The van der Waals surface area contributed by atoms with E-state index in [1.54, 1.807) is 0 Å². The summed E-state index contributed by atoms with van der Waals surface area (Å²) in [6.45, 7) is -0.341. The molecule has 1 fully saturated rings. The Morgan fingerprint density at radius 2 is 2.16 bits per heavy atom. The minimum absolute atomic E-state index is 0.341. The van der Waals surface area contributed by atoms with Gasteiger partial charge in [-0.3, -0.25) is 13.9 Å². The fraction of sp³-hybridized carbons (Fsp3) is 0.636. The molecule has 0 saturated carbocycles. The Hall–Kier alpha value is -1.48. The van der Waals surface area contributed by atoms with Gasteiger partial charge in [-0.1, -0.05) is 0 Å². The number of aromatic nitrogens is 2. The summed E-state index contributed by atoms with van der Waals surface area (Å²) < 4.78 is 12.5. The van der Waals surface area contributed by atoms with Crippen molar-refractivity contribution in [2.24, 2.45) is 7.05 Å². The van der Waals surface area contributed by atoms with Gasteiger partial charge >= 0.3 is 5.69 Å². The van der Waals surface area contributed by atoms with Crippen LogP contribution in [0.3, 0.4) is 0 Å². The fourth-order valence-electron chi connectivity index (χ4n) is 2.17. The first-order chi connectivity index (χ1) is 9.01. The third-order valence-corrected chi connectivity index (χ3v) is 3.25. The monoisotopic (exact) mass is 272 g/mol. The molecule has 2 N–H and O–H groups in total. The van der Waals surface area contributed by atoms with Gasteiger partial charge in [-0.25, -0.2) is 4.79 Å². The fourth-order valence-corrected chi connectivity index (χ4v) is 2.17. The number of aliphatic hydroxyl groups is 2. The molecule has 1 aromatic rings. The first kappa shape index (κ1) is 13.9. The number of hydrogen-bond acceptors (Lipinski definition) is 6.